The van der Waals surface area contributed by atoms with Crippen LogP contribution in [-0.4, -0.2) is 14.5 Å². The van der Waals surface area contributed by atoms with E-state index in [1.54, 1.807) is 12.1 Å². The number of hydrogen-bond donors (Lipinski definition) is 1. The second-order valence-corrected chi connectivity index (χ2v) is 5.15. The Bertz CT molecular complexity index is 646. The molecule has 20 heavy (non-hydrogen) atoms. The van der Waals surface area contributed by atoms with Gasteiger partial charge in [0.05, 0.1) is 23.5 Å². The summed E-state index contributed by atoms with van der Waals surface area (Å²) >= 11 is 0. The zero-order chi connectivity index (χ0) is 14.1. The third-order valence-electron chi connectivity index (χ3n) is 3.50. The number of nitro groups is 1. The van der Waals surface area contributed by atoms with E-state index in [-0.39, 0.29) is 10.6 Å². The molecule has 0 aliphatic heterocycles. The molecule has 1 aliphatic carbocycles. The van der Waals surface area contributed by atoms with E-state index < -0.39 is 0 Å². The van der Waals surface area contributed by atoms with Gasteiger partial charge in [-0.1, -0.05) is 6.07 Å². The first kappa shape index (κ1) is 12.7. The van der Waals surface area contributed by atoms with Crippen LogP contribution in [0.5, 0.6) is 0 Å². The van der Waals surface area contributed by atoms with Crippen molar-refractivity contribution in [1.82, 2.24) is 9.55 Å². The van der Waals surface area contributed by atoms with Crippen molar-refractivity contribution in [3.63, 3.8) is 0 Å². The molecular weight excluding hydrogens is 256 g/mol. The van der Waals surface area contributed by atoms with E-state index in [1.807, 2.05) is 25.5 Å². The van der Waals surface area contributed by atoms with Crippen molar-refractivity contribution < 1.29 is 4.92 Å². The molecule has 1 aliphatic rings. The minimum atomic E-state index is -0.354. The second kappa shape index (κ2) is 4.96. The Morgan fingerprint density at radius 3 is 3.00 bits per heavy atom. The Labute approximate surface area is 116 Å². The first-order valence-electron chi connectivity index (χ1n) is 6.65. The molecule has 1 fully saturated rings. The highest BCUT2D eigenvalue weighted by molar-refractivity contribution is 5.62. The lowest BCUT2D eigenvalue weighted by atomic mass is 10.2. The van der Waals surface area contributed by atoms with Crippen LogP contribution < -0.4 is 5.32 Å². The predicted octanol–water partition coefficient (Wildman–Crippen LogP) is 3.05. The summed E-state index contributed by atoms with van der Waals surface area (Å²) in [5, 5.41) is 14.2. The molecule has 104 valence electrons. The molecule has 3 rings (SSSR count). The zero-order valence-corrected chi connectivity index (χ0v) is 11.2. The van der Waals surface area contributed by atoms with Gasteiger partial charge in [0.25, 0.3) is 5.69 Å². The van der Waals surface area contributed by atoms with Crippen LogP contribution in [0.25, 0.3) is 0 Å². The molecule has 1 heterocycles. The van der Waals surface area contributed by atoms with Gasteiger partial charge in [-0.15, -0.1) is 0 Å². The molecule has 0 bridgehead atoms. The van der Waals surface area contributed by atoms with Crippen LogP contribution in [0.3, 0.4) is 0 Å². The van der Waals surface area contributed by atoms with Gasteiger partial charge in [0.15, 0.2) is 0 Å². The largest absolute Gasteiger partial charge is 0.374 e. The predicted molar refractivity (Wildman–Crippen MR) is 75.7 cm³/mol. The topological polar surface area (TPSA) is 73.0 Å². The number of nitro benzene ring substituents is 1. The molecule has 0 amide bonds. The van der Waals surface area contributed by atoms with Crippen LogP contribution >= 0.6 is 0 Å². The van der Waals surface area contributed by atoms with Crippen molar-refractivity contribution in [3.05, 3.63) is 52.1 Å². The molecule has 0 atom stereocenters. The molecule has 2 aromatic rings. The van der Waals surface area contributed by atoms with Gasteiger partial charge < -0.3 is 9.88 Å². The van der Waals surface area contributed by atoms with Crippen LogP contribution in [-0.2, 0) is 6.54 Å². The maximum atomic E-state index is 11.1. The summed E-state index contributed by atoms with van der Waals surface area (Å²) in [4.78, 5) is 14.9. The third kappa shape index (κ3) is 2.49. The Morgan fingerprint density at radius 2 is 2.30 bits per heavy atom. The van der Waals surface area contributed by atoms with E-state index in [4.69, 9.17) is 0 Å². The highest BCUT2D eigenvalue weighted by Gasteiger charge is 2.25. The average molecular weight is 272 g/mol. The van der Waals surface area contributed by atoms with Crippen molar-refractivity contribution in [2.45, 2.75) is 32.4 Å². The minimum Gasteiger partial charge on any atom is -0.374 e. The first-order chi connectivity index (χ1) is 9.65. The van der Waals surface area contributed by atoms with Crippen molar-refractivity contribution in [1.29, 1.82) is 0 Å². The summed E-state index contributed by atoms with van der Waals surface area (Å²) in [6.07, 6.45) is 6.02. The number of aromatic nitrogens is 2. The quantitative estimate of drug-likeness (QED) is 0.670. The molecule has 1 aromatic heterocycles. The van der Waals surface area contributed by atoms with Crippen molar-refractivity contribution in [2.75, 3.05) is 5.32 Å². The van der Waals surface area contributed by atoms with Gasteiger partial charge in [0, 0.05) is 18.3 Å². The Hall–Kier alpha value is -2.37. The van der Waals surface area contributed by atoms with Crippen LogP contribution in [0.2, 0.25) is 0 Å². The Balaban J connectivity index is 1.78. The fraction of sp³-hybridized carbons (Fsp3) is 0.357. The number of rotatable bonds is 5. The van der Waals surface area contributed by atoms with Gasteiger partial charge in [-0.2, -0.15) is 0 Å². The van der Waals surface area contributed by atoms with Gasteiger partial charge >= 0.3 is 0 Å². The molecule has 6 nitrogen and oxygen atoms in total. The molecule has 1 saturated carbocycles. The highest BCUT2D eigenvalue weighted by atomic mass is 16.6. The zero-order valence-electron chi connectivity index (χ0n) is 11.2. The molecule has 0 saturated heterocycles. The second-order valence-electron chi connectivity index (χ2n) is 5.15. The number of imidazole rings is 1. The number of nitrogens with one attached hydrogen (secondary N) is 1. The van der Waals surface area contributed by atoms with Gasteiger partial charge in [-0.25, -0.2) is 4.98 Å². The number of aryl methyl sites for hydroxylation is 1. The van der Waals surface area contributed by atoms with E-state index in [9.17, 15) is 10.1 Å². The molecule has 6 heteroatoms. The van der Waals surface area contributed by atoms with Crippen LogP contribution in [0, 0.1) is 17.0 Å². The van der Waals surface area contributed by atoms with Crippen LogP contribution in [0.4, 0.5) is 11.4 Å². The van der Waals surface area contributed by atoms with Gasteiger partial charge in [-0.3, -0.25) is 10.1 Å². The highest BCUT2D eigenvalue weighted by Crippen LogP contribution is 2.36. The molecule has 1 N–H and O–H groups in total. The minimum absolute atomic E-state index is 0.113. The normalized spacial score (nSPS) is 14.2. The van der Waals surface area contributed by atoms with Crippen molar-refractivity contribution >= 4 is 11.4 Å². The first-order valence-corrected chi connectivity index (χ1v) is 6.65. The lowest BCUT2D eigenvalue weighted by Crippen LogP contribution is -2.07. The van der Waals surface area contributed by atoms with E-state index >= 15 is 0 Å². The monoisotopic (exact) mass is 272 g/mol. The van der Waals surface area contributed by atoms with E-state index in [2.05, 4.69) is 14.9 Å². The van der Waals surface area contributed by atoms with Gasteiger partial charge in [-0.05, 0) is 31.4 Å². The standard InChI is InChI=1S/C14H16N4O2/c1-10-2-5-13(14(6-10)18(19)20)16-8-12-7-15-9-17(12)11-3-4-11/h2,5-7,9,11,16H,3-4,8H2,1H3. The summed E-state index contributed by atoms with van der Waals surface area (Å²) in [6, 6.07) is 5.77. The maximum Gasteiger partial charge on any atom is 0.292 e. The fourth-order valence-corrected chi connectivity index (χ4v) is 2.28. The Kier molecular flexibility index (Phi) is 3.14. The summed E-state index contributed by atoms with van der Waals surface area (Å²) in [5.74, 6) is 0. The number of nitrogens with zero attached hydrogens (tertiary/aromatic N) is 3. The average Bonchev–Trinajstić information content (AvgIpc) is 3.16. The number of anilines is 1. The summed E-state index contributed by atoms with van der Waals surface area (Å²) in [5.41, 5.74) is 2.60. The number of benzene rings is 1. The van der Waals surface area contributed by atoms with E-state index in [1.165, 1.54) is 12.8 Å². The van der Waals surface area contributed by atoms with E-state index in [0.717, 1.165) is 11.3 Å². The molecule has 0 radical (unpaired) electrons. The van der Waals surface area contributed by atoms with Gasteiger partial charge in [0.2, 0.25) is 0 Å². The summed E-state index contributed by atoms with van der Waals surface area (Å²) < 4.78 is 2.15. The third-order valence-corrected chi connectivity index (χ3v) is 3.50. The molecule has 1 aromatic carbocycles. The summed E-state index contributed by atoms with van der Waals surface area (Å²) in [6.45, 7) is 2.39. The maximum absolute atomic E-state index is 11.1. The number of hydrogen-bond acceptors (Lipinski definition) is 4. The molecule has 0 unspecified atom stereocenters. The lowest BCUT2D eigenvalue weighted by molar-refractivity contribution is -0.384. The smallest absolute Gasteiger partial charge is 0.292 e. The summed E-state index contributed by atoms with van der Waals surface area (Å²) in [7, 11) is 0. The van der Waals surface area contributed by atoms with Crippen molar-refractivity contribution in [2.24, 2.45) is 0 Å². The SMILES string of the molecule is Cc1ccc(NCc2cncn2C2CC2)c([N+](=O)[O-])c1. The molecule has 0 spiro atoms. The van der Waals surface area contributed by atoms with Crippen LogP contribution in [0.1, 0.15) is 30.1 Å². The fourth-order valence-electron chi connectivity index (χ4n) is 2.28. The van der Waals surface area contributed by atoms with Gasteiger partial charge in [0.1, 0.15) is 5.69 Å². The van der Waals surface area contributed by atoms with Crippen molar-refractivity contribution in [3.8, 4) is 0 Å². The lowest BCUT2D eigenvalue weighted by Gasteiger charge is -2.10. The van der Waals surface area contributed by atoms with E-state index in [0.29, 0.717) is 18.3 Å². The molecular formula is C14H16N4O2. The van der Waals surface area contributed by atoms with Crippen LogP contribution in [0.15, 0.2) is 30.7 Å². The Morgan fingerprint density at radius 1 is 1.50 bits per heavy atom.